The maximum atomic E-state index is 11.7. The van der Waals surface area contributed by atoms with Crippen LogP contribution in [0.15, 0.2) is 24.3 Å². The highest BCUT2D eigenvalue weighted by atomic mass is 16.1. The van der Waals surface area contributed by atoms with Crippen molar-refractivity contribution in [2.75, 3.05) is 0 Å². The maximum absolute atomic E-state index is 11.7. The predicted molar refractivity (Wildman–Crippen MR) is 57.2 cm³/mol. The number of benzene rings is 1. The third-order valence-electron chi connectivity index (χ3n) is 3.02. The molecule has 1 aromatic carbocycles. The fraction of sp³-hybridized carbons (Fsp3) is 0.462. The van der Waals surface area contributed by atoms with Gasteiger partial charge in [0.1, 0.15) is 5.78 Å². The molecule has 0 radical (unpaired) electrons. The zero-order valence-corrected chi connectivity index (χ0v) is 8.79. The van der Waals surface area contributed by atoms with Crippen LogP contribution in [0.25, 0.3) is 0 Å². The standard InChI is InChI=1S/C13H16O/c1-9-3-5-11(6-4-9)8-13(14)12-7-10(12)2/h3-6,10,12H,7-8H2,1-2H3/t10?,12-/m0/s1. The van der Waals surface area contributed by atoms with E-state index in [0.717, 1.165) is 12.0 Å². The molecule has 1 aromatic rings. The summed E-state index contributed by atoms with van der Waals surface area (Å²) >= 11 is 0. The quantitative estimate of drug-likeness (QED) is 0.712. The molecule has 0 spiro atoms. The lowest BCUT2D eigenvalue weighted by Crippen LogP contribution is -2.05. The minimum Gasteiger partial charge on any atom is -0.299 e. The van der Waals surface area contributed by atoms with Crippen molar-refractivity contribution < 1.29 is 4.79 Å². The van der Waals surface area contributed by atoms with E-state index in [1.807, 2.05) is 0 Å². The summed E-state index contributed by atoms with van der Waals surface area (Å²) in [5.74, 6) is 1.41. The fourth-order valence-corrected chi connectivity index (χ4v) is 1.81. The minimum atomic E-state index is 0.358. The van der Waals surface area contributed by atoms with Crippen molar-refractivity contribution in [3.8, 4) is 0 Å². The molecule has 1 aliphatic carbocycles. The van der Waals surface area contributed by atoms with Crippen LogP contribution in [-0.4, -0.2) is 5.78 Å². The Morgan fingerprint density at radius 1 is 1.36 bits per heavy atom. The van der Waals surface area contributed by atoms with Gasteiger partial charge in [0.05, 0.1) is 0 Å². The van der Waals surface area contributed by atoms with Gasteiger partial charge < -0.3 is 0 Å². The van der Waals surface area contributed by atoms with Gasteiger partial charge in [0.25, 0.3) is 0 Å². The van der Waals surface area contributed by atoms with Crippen LogP contribution >= 0.6 is 0 Å². The number of hydrogen-bond acceptors (Lipinski definition) is 1. The van der Waals surface area contributed by atoms with Gasteiger partial charge in [-0.1, -0.05) is 36.8 Å². The second kappa shape index (κ2) is 3.56. The van der Waals surface area contributed by atoms with Crippen LogP contribution in [0.5, 0.6) is 0 Å². The Kier molecular flexibility index (Phi) is 2.40. The lowest BCUT2D eigenvalue weighted by molar-refractivity contribution is -0.119. The third-order valence-corrected chi connectivity index (χ3v) is 3.02. The van der Waals surface area contributed by atoms with Crippen LogP contribution in [0.2, 0.25) is 0 Å². The molecule has 74 valence electrons. The van der Waals surface area contributed by atoms with Gasteiger partial charge in [-0.05, 0) is 24.8 Å². The summed E-state index contributed by atoms with van der Waals surface area (Å²) in [6.07, 6.45) is 1.72. The smallest absolute Gasteiger partial charge is 0.140 e. The Labute approximate surface area is 85.1 Å². The molecule has 1 heteroatoms. The van der Waals surface area contributed by atoms with E-state index in [-0.39, 0.29) is 0 Å². The minimum absolute atomic E-state index is 0.358. The van der Waals surface area contributed by atoms with E-state index in [9.17, 15) is 4.79 Å². The van der Waals surface area contributed by atoms with Crippen molar-refractivity contribution in [1.82, 2.24) is 0 Å². The SMILES string of the molecule is Cc1ccc(CC(=O)[C@H]2CC2C)cc1. The molecule has 1 saturated carbocycles. The number of aryl methyl sites for hydroxylation is 1. The van der Waals surface area contributed by atoms with Gasteiger partial charge in [0, 0.05) is 12.3 Å². The zero-order chi connectivity index (χ0) is 10.1. The highest BCUT2D eigenvalue weighted by molar-refractivity contribution is 5.85. The first-order valence-corrected chi connectivity index (χ1v) is 5.25. The Bertz CT molecular complexity index is 337. The van der Waals surface area contributed by atoms with Gasteiger partial charge in [-0.3, -0.25) is 4.79 Å². The molecule has 0 saturated heterocycles. The fourth-order valence-electron chi connectivity index (χ4n) is 1.81. The molecule has 0 aromatic heterocycles. The van der Waals surface area contributed by atoms with Crippen LogP contribution in [0.4, 0.5) is 0 Å². The summed E-state index contributed by atoms with van der Waals surface area (Å²) < 4.78 is 0. The summed E-state index contributed by atoms with van der Waals surface area (Å²) in [7, 11) is 0. The van der Waals surface area contributed by atoms with Gasteiger partial charge >= 0.3 is 0 Å². The van der Waals surface area contributed by atoms with E-state index in [1.54, 1.807) is 0 Å². The maximum Gasteiger partial charge on any atom is 0.140 e. The van der Waals surface area contributed by atoms with Crippen molar-refractivity contribution >= 4 is 5.78 Å². The first-order chi connectivity index (χ1) is 6.66. The monoisotopic (exact) mass is 188 g/mol. The van der Waals surface area contributed by atoms with Crippen LogP contribution in [-0.2, 0) is 11.2 Å². The molecular formula is C13H16O. The molecular weight excluding hydrogens is 172 g/mol. The first-order valence-electron chi connectivity index (χ1n) is 5.25. The molecule has 1 aliphatic rings. The molecule has 14 heavy (non-hydrogen) atoms. The second-order valence-corrected chi connectivity index (χ2v) is 4.45. The lowest BCUT2D eigenvalue weighted by Gasteiger charge is -2.00. The predicted octanol–water partition coefficient (Wildman–Crippen LogP) is 2.76. The van der Waals surface area contributed by atoms with E-state index in [2.05, 4.69) is 38.1 Å². The Balaban J connectivity index is 1.97. The average Bonchev–Trinajstić information content (AvgIpc) is 2.87. The second-order valence-electron chi connectivity index (χ2n) is 4.45. The summed E-state index contributed by atoms with van der Waals surface area (Å²) in [5.41, 5.74) is 2.40. The summed E-state index contributed by atoms with van der Waals surface area (Å²) in [5, 5.41) is 0. The van der Waals surface area contributed by atoms with Gasteiger partial charge in [0.15, 0.2) is 0 Å². The summed E-state index contributed by atoms with van der Waals surface area (Å²) in [4.78, 5) is 11.7. The van der Waals surface area contributed by atoms with E-state index < -0.39 is 0 Å². The zero-order valence-electron chi connectivity index (χ0n) is 8.79. The molecule has 0 heterocycles. The van der Waals surface area contributed by atoms with Crippen LogP contribution < -0.4 is 0 Å². The van der Waals surface area contributed by atoms with Crippen LogP contribution in [0.1, 0.15) is 24.5 Å². The van der Waals surface area contributed by atoms with Crippen molar-refractivity contribution in [3.05, 3.63) is 35.4 Å². The molecule has 0 bridgehead atoms. The molecule has 2 atom stereocenters. The molecule has 1 fully saturated rings. The molecule has 0 amide bonds. The lowest BCUT2D eigenvalue weighted by atomic mass is 10.0. The van der Waals surface area contributed by atoms with Crippen LogP contribution in [0.3, 0.4) is 0 Å². The number of ketones is 1. The van der Waals surface area contributed by atoms with E-state index in [1.165, 1.54) is 5.56 Å². The average molecular weight is 188 g/mol. The van der Waals surface area contributed by atoms with Crippen molar-refractivity contribution in [1.29, 1.82) is 0 Å². The number of carbonyl (C=O) groups excluding carboxylic acids is 1. The van der Waals surface area contributed by atoms with Crippen molar-refractivity contribution in [2.24, 2.45) is 11.8 Å². The molecule has 1 nitrogen and oxygen atoms in total. The molecule has 0 aliphatic heterocycles. The third kappa shape index (κ3) is 2.03. The van der Waals surface area contributed by atoms with Crippen molar-refractivity contribution in [2.45, 2.75) is 26.7 Å². The molecule has 2 rings (SSSR count). The number of carbonyl (C=O) groups is 1. The Morgan fingerprint density at radius 2 is 1.93 bits per heavy atom. The molecule has 1 unspecified atom stereocenters. The van der Waals surface area contributed by atoms with E-state index >= 15 is 0 Å². The topological polar surface area (TPSA) is 17.1 Å². The Morgan fingerprint density at radius 3 is 2.43 bits per heavy atom. The van der Waals surface area contributed by atoms with Gasteiger partial charge in [0.2, 0.25) is 0 Å². The number of Topliss-reactive ketones (excluding diaryl/α,β-unsaturated/α-hetero) is 1. The first kappa shape index (κ1) is 9.45. The summed E-state index contributed by atoms with van der Waals surface area (Å²) in [6, 6.07) is 8.25. The largest absolute Gasteiger partial charge is 0.299 e. The summed E-state index contributed by atoms with van der Waals surface area (Å²) in [6.45, 7) is 4.21. The number of hydrogen-bond donors (Lipinski definition) is 0. The van der Waals surface area contributed by atoms with E-state index in [0.29, 0.717) is 24.0 Å². The number of rotatable bonds is 3. The van der Waals surface area contributed by atoms with E-state index in [4.69, 9.17) is 0 Å². The van der Waals surface area contributed by atoms with Gasteiger partial charge in [-0.15, -0.1) is 0 Å². The highest BCUT2D eigenvalue weighted by Crippen LogP contribution is 2.39. The van der Waals surface area contributed by atoms with Crippen molar-refractivity contribution in [3.63, 3.8) is 0 Å². The normalized spacial score (nSPS) is 24.7. The highest BCUT2D eigenvalue weighted by Gasteiger charge is 2.38. The van der Waals surface area contributed by atoms with Crippen LogP contribution in [0, 0.1) is 18.8 Å². The van der Waals surface area contributed by atoms with Gasteiger partial charge in [-0.2, -0.15) is 0 Å². The molecule has 0 N–H and O–H groups in total. The van der Waals surface area contributed by atoms with Gasteiger partial charge in [-0.25, -0.2) is 0 Å². The Hall–Kier alpha value is -1.11.